The molecule has 0 saturated carbocycles. The standard InChI is InChI=1S/C18H25N3O3/c1-11(2)9-16-14-4-3-13(20-8-6-15(19)17(20)22)10-12(14)5-7-21(16)18(23)24/h3-4,10-11,15-16H,5-9,19H2,1-2H3,(H,23,24)/t15-,16?/m0/s1. The predicted octanol–water partition coefficient (Wildman–Crippen LogP) is 2.37. The number of rotatable bonds is 3. The third kappa shape index (κ3) is 2.98. The lowest BCUT2D eigenvalue weighted by molar-refractivity contribution is -0.118. The van der Waals surface area contributed by atoms with Gasteiger partial charge < -0.3 is 20.6 Å². The van der Waals surface area contributed by atoms with Crippen LogP contribution in [0.4, 0.5) is 10.5 Å². The molecule has 1 aromatic carbocycles. The van der Waals surface area contributed by atoms with Gasteiger partial charge in [-0.05, 0) is 48.4 Å². The molecular weight excluding hydrogens is 306 g/mol. The van der Waals surface area contributed by atoms with Gasteiger partial charge in [-0.25, -0.2) is 4.79 Å². The molecule has 2 aliphatic rings. The van der Waals surface area contributed by atoms with Crippen LogP contribution >= 0.6 is 0 Å². The summed E-state index contributed by atoms with van der Waals surface area (Å²) in [6, 6.07) is 5.43. The Morgan fingerprint density at radius 1 is 1.38 bits per heavy atom. The van der Waals surface area contributed by atoms with Crippen molar-refractivity contribution in [1.82, 2.24) is 4.90 Å². The first-order chi connectivity index (χ1) is 11.4. The van der Waals surface area contributed by atoms with E-state index >= 15 is 0 Å². The van der Waals surface area contributed by atoms with Crippen LogP contribution in [0.1, 0.15) is 43.9 Å². The fourth-order valence-corrected chi connectivity index (χ4v) is 3.75. The van der Waals surface area contributed by atoms with Crippen LogP contribution in [0, 0.1) is 5.92 Å². The summed E-state index contributed by atoms with van der Waals surface area (Å²) in [5.74, 6) is 0.372. The normalized spacial score (nSPS) is 23.8. The molecule has 0 radical (unpaired) electrons. The quantitative estimate of drug-likeness (QED) is 0.890. The van der Waals surface area contributed by atoms with Crippen molar-refractivity contribution < 1.29 is 14.7 Å². The average Bonchev–Trinajstić information content (AvgIpc) is 2.86. The zero-order chi connectivity index (χ0) is 17.4. The van der Waals surface area contributed by atoms with Crippen LogP contribution in [0.5, 0.6) is 0 Å². The summed E-state index contributed by atoms with van der Waals surface area (Å²) in [5, 5.41) is 9.50. The smallest absolute Gasteiger partial charge is 0.407 e. The Morgan fingerprint density at radius 2 is 2.12 bits per heavy atom. The maximum atomic E-state index is 12.1. The van der Waals surface area contributed by atoms with Gasteiger partial charge in [-0.3, -0.25) is 4.79 Å². The highest BCUT2D eigenvalue weighted by Crippen LogP contribution is 2.36. The number of nitrogens with zero attached hydrogens (tertiary/aromatic N) is 2. The first-order valence-corrected chi connectivity index (χ1v) is 8.58. The SMILES string of the molecule is CC(C)CC1c2ccc(N3CC[C@H](N)C3=O)cc2CCN1C(=O)O. The lowest BCUT2D eigenvalue weighted by atomic mass is 9.87. The number of nitrogens with two attached hydrogens (primary N) is 1. The van der Waals surface area contributed by atoms with Crippen molar-refractivity contribution in [1.29, 1.82) is 0 Å². The Morgan fingerprint density at radius 3 is 2.71 bits per heavy atom. The summed E-state index contributed by atoms with van der Waals surface area (Å²) < 4.78 is 0. The second-order valence-electron chi connectivity index (χ2n) is 7.14. The zero-order valence-electron chi connectivity index (χ0n) is 14.2. The Kier molecular flexibility index (Phi) is 4.49. The molecule has 2 atom stereocenters. The number of carbonyl (C=O) groups is 2. The number of anilines is 1. The number of hydrogen-bond donors (Lipinski definition) is 2. The van der Waals surface area contributed by atoms with Crippen LogP contribution in [0.3, 0.4) is 0 Å². The van der Waals surface area contributed by atoms with Crippen LogP contribution in [0.25, 0.3) is 0 Å². The van der Waals surface area contributed by atoms with Gasteiger partial charge in [-0.1, -0.05) is 19.9 Å². The minimum atomic E-state index is -0.865. The van der Waals surface area contributed by atoms with E-state index in [9.17, 15) is 14.7 Å². The first kappa shape index (κ1) is 16.8. The van der Waals surface area contributed by atoms with Gasteiger partial charge in [0.25, 0.3) is 0 Å². The molecule has 3 N–H and O–H groups in total. The lowest BCUT2D eigenvalue weighted by Crippen LogP contribution is -2.40. The van der Waals surface area contributed by atoms with E-state index in [4.69, 9.17) is 5.73 Å². The Hall–Kier alpha value is -2.08. The van der Waals surface area contributed by atoms with E-state index in [0.29, 0.717) is 31.8 Å². The molecule has 0 aliphatic carbocycles. The van der Waals surface area contributed by atoms with Crippen molar-refractivity contribution >= 4 is 17.7 Å². The van der Waals surface area contributed by atoms with E-state index in [0.717, 1.165) is 23.2 Å². The maximum absolute atomic E-state index is 12.1. The zero-order valence-corrected chi connectivity index (χ0v) is 14.2. The number of hydrogen-bond acceptors (Lipinski definition) is 3. The van der Waals surface area contributed by atoms with Gasteiger partial charge in [0.1, 0.15) is 0 Å². The molecule has 2 aliphatic heterocycles. The molecule has 0 aromatic heterocycles. The number of amides is 2. The van der Waals surface area contributed by atoms with Crippen molar-refractivity contribution in [3.63, 3.8) is 0 Å². The summed E-state index contributed by atoms with van der Waals surface area (Å²) in [5.41, 5.74) is 8.89. The minimum absolute atomic E-state index is 0.0309. The van der Waals surface area contributed by atoms with Crippen LogP contribution in [0.15, 0.2) is 18.2 Å². The molecular formula is C18H25N3O3. The molecule has 130 valence electrons. The second-order valence-corrected chi connectivity index (χ2v) is 7.14. The van der Waals surface area contributed by atoms with Crippen molar-refractivity contribution in [2.24, 2.45) is 11.7 Å². The molecule has 3 rings (SSSR count). The first-order valence-electron chi connectivity index (χ1n) is 8.58. The van der Waals surface area contributed by atoms with E-state index in [-0.39, 0.29) is 11.9 Å². The molecule has 2 amide bonds. The second kappa shape index (κ2) is 6.43. The minimum Gasteiger partial charge on any atom is -0.465 e. The van der Waals surface area contributed by atoms with E-state index in [2.05, 4.69) is 13.8 Å². The molecule has 2 heterocycles. The summed E-state index contributed by atoms with van der Waals surface area (Å²) in [6.07, 6.45) is 1.29. The van der Waals surface area contributed by atoms with Crippen LogP contribution < -0.4 is 10.6 Å². The van der Waals surface area contributed by atoms with E-state index in [1.54, 1.807) is 9.80 Å². The lowest BCUT2D eigenvalue weighted by Gasteiger charge is -2.37. The maximum Gasteiger partial charge on any atom is 0.407 e. The van der Waals surface area contributed by atoms with Crippen molar-refractivity contribution in [2.45, 2.75) is 45.2 Å². The molecule has 0 bridgehead atoms. The summed E-state index contributed by atoms with van der Waals surface area (Å²) in [6.45, 7) is 5.35. The van der Waals surface area contributed by atoms with Gasteiger partial charge in [-0.15, -0.1) is 0 Å². The third-order valence-corrected chi connectivity index (χ3v) is 4.98. The topological polar surface area (TPSA) is 86.9 Å². The number of carbonyl (C=O) groups excluding carboxylic acids is 1. The molecule has 1 aromatic rings. The highest BCUT2D eigenvalue weighted by molar-refractivity contribution is 5.99. The van der Waals surface area contributed by atoms with Gasteiger partial charge in [-0.2, -0.15) is 0 Å². The van der Waals surface area contributed by atoms with Gasteiger partial charge in [0.15, 0.2) is 0 Å². The highest BCUT2D eigenvalue weighted by Gasteiger charge is 2.33. The summed E-state index contributed by atoms with van der Waals surface area (Å²) >= 11 is 0. The summed E-state index contributed by atoms with van der Waals surface area (Å²) in [7, 11) is 0. The fraction of sp³-hybridized carbons (Fsp3) is 0.556. The number of carboxylic acid groups (broad SMARTS) is 1. The number of benzene rings is 1. The number of fused-ring (bicyclic) bond motifs is 1. The monoisotopic (exact) mass is 331 g/mol. The molecule has 1 saturated heterocycles. The highest BCUT2D eigenvalue weighted by atomic mass is 16.4. The van der Waals surface area contributed by atoms with Crippen LogP contribution in [0.2, 0.25) is 0 Å². The van der Waals surface area contributed by atoms with Crippen LogP contribution in [-0.4, -0.2) is 41.1 Å². The third-order valence-electron chi connectivity index (χ3n) is 4.98. The van der Waals surface area contributed by atoms with Gasteiger partial charge in [0.2, 0.25) is 5.91 Å². The van der Waals surface area contributed by atoms with Gasteiger partial charge >= 0.3 is 6.09 Å². The predicted molar refractivity (Wildman–Crippen MR) is 92.0 cm³/mol. The summed E-state index contributed by atoms with van der Waals surface area (Å²) in [4.78, 5) is 27.0. The van der Waals surface area contributed by atoms with Crippen molar-refractivity contribution in [3.05, 3.63) is 29.3 Å². The molecule has 24 heavy (non-hydrogen) atoms. The molecule has 6 heteroatoms. The van der Waals surface area contributed by atoms with E-state index in [1.165, 1.54) is 0 Å². The van der Waals surface area contributed by atoms with Gasteiger partial charge in [0, 0.05) is 18.8 Å². The van der Waals surface area contributed by atoms with E-state index in [1.807, 2.05) is 18.2 Å². The Bertz CT molecular complexity index is 659. The largest absolute Gasteiger partial charge is 0.465 e. The molecule has 0 spiro atoms. The van der Waals surface area contributed by atoms with Crippen LogP contribution in [-0.2, 0) is 11.2 Å². The average molecular weight is 331 g/mol. The van der Waals surface area contributed by atoms with Gasteiger partial charge in [0.05, 0.1) is 12.1 Å². The molecule has 6 nitrogen and oxygen atoms in total. The van der Waals surface area contributed by atoms with Crippen molar-refractivity contribution in [3.8, 4) is 0 Å². The Balaban J connectivity index is 1.92. The Labute approximate surface area is 142 Å². The van der Waals surface area contributed by atoms with Crippen molar-refractivity contribution in [2.75, 3.05) is 18.0 Å². The molecule has 1 unspecified atom stereocenters. The molecule has 1 fully saturated rings. The fourth-order valence-electron chi connectivity index (χ4n) is 3.75. The van der Waals surface area contributed by atoms with E-state index < -0.39 is 12.1 Å².